The van der Waals surface area contributed by atoms with E-state index in [0.29, 0.717) is 11.1 Å². The van der Waals surface area contributed by atoms with Crippen LogP contribution in [0.1, 0.15) is 52.9 Å². The van der Waals surface area contributed by atoms with E-state index in [1.807, 2.05) is 0 Å². The summed E-state index contributed by atoms with van der Waals surface area (Å²) in [5.41, 5.74) is 0. The molecule has 2 unspecified atom stereocenters. The first-order valence-electron chi connectivity index (χ1n) is 6.97. The lowest BCUT2D eigenvalue weighted by atomic mass is 10.0. The van der Waals surface area contributed by atoms with Gasteiger partial charge in [-0.05, 0) is 42.8 Å². The van der Waals surface area contributed by atoms with Gasteiger partial charge in [0.05, 0.1) is 0 Å². The first-order valence-corrected chi connectivity index (χ1v) is 9.88. The minimum atomic E-state index is -1.52. The van der Waals surface area contributed by atoms with E-state index in [2.05, 4.69) is 33.9 Å². The third kappa shape index (κ3) is 2.38. The zero-order chi connectivity index (χ0) is 12.0. The summed E-state index contributed by atoms with van der Waals surface area (Å²) in [6.07, 6.45) is 7.73. The molecular weight excluding hydrogens is 212 g/mol. The standard InChI is InChI=1S/C14H28OSi/c1-14(2,3)16(4,5)15-13-9-11-7-6-8-12(11)10-13/h11-13H,6-10H2,1-5H3. The summed E-state index contributed by atoms with van der Waals surface area (Å²) in [6, 6.07) is 0. The van der Waals surface area contributed by atoms with Crippen LogP contribution in [0.3, 0.4) is 0 Å². The summed E-state index contributed by atoms with van der Waals surface area (Å²) in [5, 5.41) is 0.366. The molecule has 2 atom stereocenters. The van der Waals surface area contributed by atoms with Crippen LogP contribution < -0.4 is 0 Å². The predicted octanol–water partition coefficient (Wildman–Crippen LogP) is 4.59. The molecule has 2 aliphatic rings. The molecule has 0 N–H and O–H groups in total. The maximum absolute atomic E-state index is 6.54. The van der Waals surface area contributed by atoms with Crippen LogP contribution in [0.2, 0.25) is 18.1 Å². The van der Waals surface area contributed by atoms with Gasteiger partial charge in [-0.2, -0.15) is 0 Å². The van der Waals surface area contributed by atoms with Crippen molar-refractivity contribution in [2.75, 3.05) is 0 Å². The van der Waals surface area contributed by atoms with Crippen LogP contribution in [-0.2, 0) is 4.43 Å². The first-order chi connectivity index (χ1) is 7.29. The Morgan fingerprint density at radius 2 is 1.50 bits per heavy atom. The molecule has 2 saturated carbocycles. The molecule has 2 heteroatoms. The molecule has 0 bridgehead atoms. The third-order valence-electron chi connectivity index (χ3n) is 5.22. The van der Waals surface area contributed by atoms with Gasteiger partial charge in [-0.3, -0.25) is 0 Å². The normalized spacial score (nSPS) is 35.4. The Labute approximate surface area is 102 Å². The average Bonchev–Trinajstić information content (AvgIpc) is 2.59. The van der Waals surface area contributed by atoms with Crippen LogP contribution in [0.4, 0.5) is 0 Å². The fraction of sp³-hybridized carbons (Fsp3) is 1.00. The van der Waals surface area contributed by atoms with Crippen molar-refractivity contribution in [2.24, 2.45) is 11.8 Å². The summed E-state index contributed by atoms with van der Waals surface area (Å²) in [4.78, 5) is 0. The Hall–Kier alpha value is 0.177. The second kappa shape index (κ2) is 4.13. The van der Waals surface area contributed by atoms with E-state index in [0.717, 1.165) is 11.8 Å². The molecule has 0 heterocycles. The molecule has 0 radical (unpaired) electrons. The number of hydrogen-bond acceptors (Lipinski definition) is 1. The summed E-state index contributed by atoms with van der Waals surface area (Å²) in [6.45, 7) is 11.8. The Morgan fingerprint density at radius 1 is 1.00 bits per heavy atom. The van der Waals surface area contributed by atoms with Crippen LogP contribution in [0.5, 0.6) is 0 Å². The van der Waals surface area contributed by atoms with Gasteiger partial charge in [0, 0.05) is 6.10 Å². The molecule has 94 valence electrons. The average molecular weight is 240 g/mol. The van der Waals surface area contributed by atoms with Crippen LogP contribution in [0.25, 0.3) is 0 Å². The van der Waals surface area contributed by atoms with E-state index in [1.54, 1.807) is 0 Å². The summed E-state index contributed by atoms with van der Waals surface area (Å²) in [7, 11) is -1.52. The van der Waals surface area contributed by atoms with Crippen LogP contribution in [0, 0.1) is 11.8 Å². The number of hydrogen-bond donors (Lipinski definition) is 0. The van der Waals surface area contributed by atoms with Gasteiger partial charge in [-0.15, -0.1) is 0 Å². The summed E-state index contributed by atoms with van der Waals surface area (Å²) < 4.78 is 6.54. The van der Waals surface area contributed by atoms with Crippen molar-refractivity contribution in [3.05, 3.63) is 0 Å². The quantitative estimate of drug-likeness (QED) is 0.642. The van der Waals surface area contributed by atoms with Gasteiger partial charge in [0.1, 0.15) is 0 Å². The van der Waals surface area contributed by atoms with E-state index < -0.39 is 8.32 Å². The van der Waals surface area contributed by atoms with Crippen molar-refractivity contribution in [2.45, 2.75) is 77.1 Å². The van der Waals surface area contributed by atoms with E-state index in [-0.39, 0.29) is 0 Å². The Balaban J connectivity index is 1.92. The summed E-state index contributed by atoms with van der Waals surface area (Å²) in [5.74, 6) is 2.02. The zero-order valence-corrected chi connectivity index (χ0v) is 12.7. The molecular formula is C14H28OSi. The van der Waals surface area contributed by atoms with Gasteiger partial charge < -0.3 is 4.43 Å². The SMILES string of the molecule is CC(C)(C)[Si](C)(C)OC1CC2CCCC2C1. The Kier molecular flexibility index (Phi) is 3.26. The lowest BCUT2D eigenvalue weighted by molar-refractivity contribution is 0.177. The molecule has 0 aromatic heterocycles. The van der Waals surface area contributed by atoms with Gasteiger partial charge in [-0.25, -0.2) is 0 Å². The highest BCUT2D eigenvalue weighted by atomic mass is 28.4. The molecule has 2 fully saturated rings. The maximum atomic E-state index is 6.54. The molecule has 0 saturated heterocycles. The zero-order valence-electron chi connectivity index (χ0n) is 11.7. The summed E-state index contributed by atoms with van der Waals surface area (Å²) >= 11 is 0. The van der Waals surface area contributed by atoms with Gasteiger partial charge in [0.2, 0.25) is 0 Å². The molecule has 0 aromatic carbocycles. The van der Waals surface area contributed by atoms with Crippen LogP contribution >= 0.6 is 0 Å². The monoisotopic (exact) mass is 240 g/mol. The minimum Gasteiger partial charge on any atom is -0.414 e. The smallest absolute Gasteiger partial charge is 0.192 e. The lowest BCUT2D eigenvalue weighted by Crippen LogP contribution is -2.43. The highest BCUT2D eigenvalue weighted by Crippen LogP contribution is 2.47. The molecule has 2 rings (SSSR count). The predicted molar refractivity (Wildman–Crippen MR) is 72.1 cm³/mol. The second-order valence-electron chi connectivity index (χ2n) is 7.42. The maximum Gasteiger partial charge on any atom is 0.192 e. The fourth-order valence-electron chi connectivity index (χ4n) is 3.20. The van der Waals surface area contributed by atoms with Crippen molar-refractivity contribution in [3.63, 3.8) is 0 Å². The Bertz CT molecular complexity index is 242. The van der Waals surface area contributed by atoms with E-state index in [1.165, 1.54) is 32.1 Å². The van der Waals surface area contributed by atoms with E-state index in [4.69, 9.17) is 4.43 Å². The fourth-order valence-corrected chi connectivity index (χ4v) is 4.57. The van der Waals surface area contributed by atoms with E-state index >= 15 is 0 Å². The van der Waals surface area contributed by atoms with Gasteiger partial charge in [0.25, 0.3) is 0 Å². The van der Waals surface area contributed by atoms with Crippen molar-refractivity contribution in [1.29, 1.82) is 0 Å². The lowest BCUT2D eigenvalue weighted by Gasteiger charge is -2.38. The molecule has 16 heavy (non-hydrogen) atoms. The second-order valence-corrected chi connectivity index (χ2v) is 12.2. The molecule has 1 nitrogen and oxygen atoms in total. The first kappa shape index (κ1) is 12.6. The van der Waals surface area contributed by atoms with Gasteiger partial charge >= 0.3 is 0 Å². The number of rotatable bonds is 2. The molecule has 0 amide bonds. The molecule has 2 aliphatic carbocycles. The largest absolute Gasteiger partial charge is 0.414 e. The molecule has 0 aliphatic heterocycles. The topological polar surface area (TPSA) is 9.23 Å². The highest BCUT2D eigenvalue weighted by Gasteiger charge is 2.44. The van der Waals surface area contributed by atoms with Crippen molar-refractivity contribution < 1.29 is 4.43 Å². The van der Waals surface area contributed by atoms with Crippen LogP contribution in [-0.4, -0.2) is 14.4 Å². The van der Waals surface area contributed by atoms with Crippen molar-refractivity contribution >= 4 is 8.32 Å². The molecule has 0 spiro atoms. The van der Waals surface area contributed by atoms with Gasteiger partial charge in [-0.1, -0.05) is 40.0 Å². The minimum absolute atomic E-state index is 0.366. The highest BCUT2D eigenvalue weighted by molar-refractivity contribution is 6.74. The van der Waals surface area contributed by atoms with Crippen molar-refractivity contribution in [1.82, 2.24) is 0 Å². The third-order valence-corrected chi connectivity index (χ3v) is 9.75. The Morgan fingerprint density at radius 3 is 1.94 bits per heavy atom. The van der Waals surface area contributed by atoms with E-state index in [9.17, 15) is 0 Å². The molecule has 0 aromatic rings. The van der Waals surface area contributed by atoms with Gasteiger partial charge in [0.15, 0.2) is 8.32 Å². The van der Waals surface area contributed by atoms with Crippen molar-refractivity contribution in [3.8, 4) is 0 Å². The number of fused-ring (bicyclic) bond motifs is 1. The van der Waals surface area contributed by atoms with Crippen LogP contribution in [0.15, 0.2) is 0 Å².